The number of rotatable bonds is 6. The van der Waals surface area contributed by atoms with Crippen LogP contribution in [0.25, 0.3) is 22.2 Å². The molecule has 1 aromatic carbocycles. The minimum absolute atomic E-state index is 0.248. The molecule has 5 nitrogen and oxygen atoms in total. The monoisotopic (exact) mass is 462 g/mol. The molecule has 31 heavy (non-hydrogen) atoms. The highest BCUT2D eigenvalue weighted by atomic mass is 35.5. The molecule has 1 saturated carbocycles. The van der Waals surface area contributed by atoms with E-state index in [0.717, 1.165) is 36.0 Å². The lowest BCUT2D eigenvalue weighted by Gasteiger charge is -2.30. The molecule has 1 aliphatic carbocycles. The molecule has 0 amide bonds. The predicted octanol–water partition coefficient (Wildman–Crippen LogP) is 5.89. The number of aromatic nitrogens is 2. The SMILES string of the molecule is O=[S+](O)(CCC1CC1)N1CCC(c2ccc(-c3ccnc4[nH]cc(F)c34)cc2Cl)CC1. The van der Waals surface area contributed by atoms with E-state index in [2.05, 4.69) is 9.97 Å². The highest BCUT2D eigenvalue weighted by Crippen LogP contribution is 2.39. The summed E-state index contributed by atoms with van der Waals surface area (Å²) in [6.07, 6.45) is 7.82. The zero-order valence-electron chi connectivity index (χ0n) is 17.2. The first-order chi connectivity index (χ1) is 14.9. The second kappa shape index (κ2) is 8.28. The number of piperidine rings is 1. The van der Waals surface area contributed by atoms with Crippen molar-refractivity contribution in [3.63, 3.8) is 0 Å². The minimum atomic E-state index is -2.91. The van der Waals surface area contributed by atoms with Gasteiger partial charge in [-0.1, -0.05) is 40.9 Å². The number of pyridine rings is 1. The van der Waals surface area contributed by atoms with Crippen LogP contribution in [0.3, 0.4) is 0 Å². The van der Waals surface area contributed by atoms with Gasteiger partial charge in [0.1, 0.15) is 5.65 Å². The molecule has 2 N–H and O–H groups in total. The molecule has 3 heterocycles. The van der Waals surface area contributed by atoms with E-state index in [-0.39, 0.29) is 11.7 Å². The van der Waals surface area contributed by atoms with Crippen molar-refractivity contribution in [3.8, 4) is 11.1 Å². The lowest BCUT2D eigenvalue weighted by molar-refractivity contribution is 0.295. The third kappa shape index (κ3) is 4.29. The molecule has 0 bridgehead atoms. The average Bonchev–Trinajstić information content (AvgIpc) is 3.53. The smallest absolute Gasteiger partial charge is 0.291 e. The van der Waals surface area contributed by atoms with E-state index in [9.17, 15) is 13.2 Å². The summed E-state index contributed by atoms with van der Waals surface area (Å²) in [5, 5.41) is 1.11. The van der Waals surface area contributed by atoms with E-state index in [0.29, 0.717) is 40.8 Å². The van der Waals surface area contributed by atoms with E-state index in [1.165, 1.54) is 19.0 Å². The fraction of sp³-hybridized carbons (Fsp3) is 0.435. The van der Waals surface area contributed by atoms with E-state index >= 15 is 0 Å². The van der Waals surface area contributed by atoms with Gasteiger partial charge in [0.25, 0.3) is 10.4 Å². The van der Waals surface area contributed by atoms with Crippen molar-refractivity contribution in [2.24, 2.45) is 5.92 Å². The Kier molecular flexibility index (Phi) is 5.63. The number of aromatic amines is 1. The molecule has 1 atom stereocenters. The highest BCUT2D eigenvalue weighted by molar-refractivity contribution is 7.95. The van der Waals surface area contributed by atoms with Crippen molar-refractivity contribution in [2.75, 3.05) is 18.8 Å². The summed E-state index contributed by atoms with van der Waals surface area (Å²) in [5.74, 6) is 0.954. The number of nitrogens with one attached hydrogen (secondary N) is 1. The van der Waals surface area contributed by atoms with Crippen LogP contribution in [0, 0.1) is 11.7 Å². The normalized spacial score (nSPS) is 20.2. The van der Waals surface area contributed by atoms with Crippen molar-refractivity contribution in [3.05, 3.63) is 53.1 Å². The van der Waals surface area contributed by atoms with Gasteiger partial charge in [-0.3, -0.25) is 0 Å². The second-order valence-corrected chi connectivity index (χ2v) is 11.2. The largest absolute Gasteiger partial charge is 0.343 e. The molecule has 0 radical (unpaired) electrons. The van der Waals surface area contributed by atoms with Gasteiger partial charge in [-0.2, -0.15) is 4.55 Å². The third-order valence-corrected chi connectivity index (χ3v) is 8.89. The zero-order valence-corrected chi connectivity index (χ0v) is 18.8. The van der Waals surface area contributed by atoms with Gasteiger partial charge in [0.2, 0.25) is 0 Å². The van der Waals surface area contributed by atoms with Crippen LogP contribution in [0.15, 0.2) is 36.7 Å². The Morgan fingerprint density at radius 1 is 1.23 bits per heavy atom. The van der Waals surface area contributed by atoms with Crippen LogP contribution < -0.4 is 0 Å². The fourth-order valence-corrected chi connectivity index (χ4v) is 6.61. The van der Waals surface area contributed by atoms with Crippen molar-refractivity contribution in [1.29, 1.82) is 0 Å². The first-order valence-electron chi connectivity index (χ1n) is 10.8. The Morgan fingerprint density at radius 2 is 2.00 bits per heavy atom. The number of halogens is 2. The number of H-pyrrole nitrogens is 1. The lowest BCUT2D eigenvalue weighted by atomic mass is 9.89. The van der Waals surface area contributed by atoms with Gasteiger partial charge in [0.15, 0.2) is 11.6 Å². The molecule has 0 spiro atoms. The molecule has 3 aromatic rings. The Bertz CT molecular complexity index is 1150. The molecule has 8 heteroatoms. The second-order valence-electron chi connectivity index (χ2n) is 8.70. The van der Waals surface area contributed by atoms with E-state index in [4.69, 9.17) is 11.6 Å². The van der Waals surface area contributed by atoms with Gasteiger partial charge in [-0.15, -0.1) is 0 Å². The van der Waals surface area contributed by atoms with Crippen LogP contribution in [0.4, 0.5) is 4.39 Å². The summed E-state index contributed by atoms with van der Waals surface area (Å²) in [6.45, 7) is 1.20. The van der Waals surface area contributed by atoms with Crippen molar-refractivity contribution in [1.82, 2.24) is 14.3 Å². The number of nitrogens with zero attached hydrogens (tertiary/aromatic N) is 2. The summed E-state index contributed by atoms with van der Waals surface area (Å²) in [4.78, 5) is 7.02. The Labute approximate surface area is 187 Å². The maximum Gasteiger partial charge on any atom is 0.291 e. The van der Waals surface area contributed by atoms with Gasteiger partial charge in [-0.25, -0.2) is 9.37 Å². The maximum absolute atomic E-state index is 14.2. The van der Waals surface area contributed by atoms with Crippen LogP contribution >= 0.6 is 11.6 Å². The zero-order chi connectivity index (χ0) is 21.6. The van der Waals surface area contributed by atoms with Gasteiger partial charge in [-0.05, 0) is 64.1 Å². The minimum Gasteiger partial charge on any atom is -0.343 e. The molecule has 2 aromatic heterocycles. The summed E-state index contributed by atoms with van der Waals surface area (Å²) in [7, 11) is -2.91. The van der Waals surface area contributed by atoms with Crippen molar-refractivity contribution >= 4 is 33.0 Å². The van der Waals surface area contributed by atoms with Crippen LogP contribution in [0.2, 0.25) is 5.02 Å². The molecule has 5 rings (SSSR count). The standard InChI is InChI=1S/C23H25ClFN3O2S/c24-20-13-17(19-5-9-26-23-22(19)21(25)14-27-23)3-4-18(20)16-6-10-28(11-7-16)31(29,30)12-8-15-1-2-15/h3-5,9,13-16H,1-2,6-8,10-12H2,(H-,26,27,29,30)/p+1. The van der Waals surface area contributed by atoms with Crippen LogP contribution in [-0.2, 0) is 14.6 Å². The van der Waals surface area contributed by atoms with E-state index < -0.39 is 10.4 Å². The topological polar surface area (TPSA) is 69.2 Å². The number of fused-ring (bicyclic) bond motifs is 1. The van der Waals surface area contributed by atoms with Gasteiger partial charge in [0.05, 0.1) is 5.39 Å². The molecular formula is C23H26ClFN3O2S+. The summed E-state index contributed by atoms with van der Waals surface area (Å²) in [5.41, 5.74) is 3.16. The molecule has 1 unspecified atom stereocenters. The van der Waals surface area contributed by atoms with Crippen LogP contribution in [0.1, 0.15) is 43.6 Å². The summed E-state index contributed by atoms with van der Waals surface area (Å²) < 4.78 is 39.2. The first kappa shape index (κ1) is 21.1. The maximum atomic E-state index is 14.2. The molecule has 2 fully saturated rings. The van der Waals surface area contributed by atoms with Crippen LogP contribution in [-0.4, -0.2) is 37.7 Å². The van der Waals surface area contributed by atoms with Crippen LogP contribution in [0.5, 0.6) is 0 Å². The van der Waals surface area contributed by atoms with Crippen molar-refractivity contribution in [2.45, 2.75) is 38.0 Å². The lowest BCUT2D eigenvalue weighted by Crippen LogP contribution is -2.43. The number of hydrogen-bond donors (Lipinski definition) is 2. The highest BCUT2D eigenvalue weighted by Gasteiger charge is 2.40. The number of benzene rings is 1. The Balaban J connectivity index is 1.31. The summed E-state index contributed by atoms with van der Waals surface area (Å²) >= 11 is 6.66. The molecule has 164 valence electrons. The van der Waals surface area contributed by atoms with Gasteiger partial charge >= 0.3 is 0 Å². The summed E-state index contributed by atoms with van der Waals surface area (Å²) in [6, 6.07) is 7.66. The molecule has 1 aliphatic heterocycles. The molecular weight excluding hydrogens is 437 g/mol. The van der Waals surface area contributed by atoms with Gasteiger partial charge in [0, 0.05) is 30.5 Å². The quantitative estimate of drug-likeness (QED) is 0.449. The van der Waals surface area contributed by atoms with E-state index in [1.807, 2.05) is 18.2 Å². The van der Waals surface area contributed by atoms with Crippen molar-refractivity contribution < 1.29 is 13.2 Å². The first-order valence-corrected chi connectivity index (χ1v) is 12.8. The fourth-order valence-electron chi connectivity index (χ4n) is 4.59. The Morgan fingerprint density at radius 3 is 2.71 bits per heavy atom. The Hall–Kier alpha value is -1.80. The molecule has 2 aliphatic rings. The van der Waals surface area contributed by atoms with Gasteiger partial charge < -0.3 is 4.98 Å². The number of hydrogen-bond acceptors (Lipinski definition) is 2. The third-order valence-electron chi connectivity index (χ3n) is 6.62. The predicted molar refractivity (Wildman–Crippen MR) is 123 cm³/mol. The average molecular weight is 463 g/mol. The molecule has 1 saturated heterocycles. The van der Waals surface area contributed by atoms with E-state index in [1.54, 1.807) is 16.6 Å².